The Bertz CT molecular complexity index is 606. The molecule has 0 unspecified atom stereocenters. The fraction of sp³-hybridized carbons (Fsp3) is 0.286. The Labute approximate surface area is 110 Å². The first-order valence-corrected chi connectivity index (χ1v) is 5.88. The predicted octanol–water partition coefficient (Wildman–Crippen LogP) is 2.11. The summed E-state index contributed by atoms with van der Waals surface area (Å²) in [5.74, 6) is -0.436. The van der Waals surface area contributed by atoms with E-state index in [0.717, 1.165) is 5.56 Å². The molecule has 2 heterocycles. The Kier molecular flexibility index (Phi) is 3.71. The minimum Gasteiger partial charge on any atom is -0.361 e. The molecule has 0 bridgehead atoms. The van der Waals surface area contributed by atoms with E-state index in [1.807, 2.05) is 6.07 Å². The van der Waals surface area contributed by atoms with E-state index in [1.54, 1.807) is 38.2 Å². The minimum absolute atomic E-state index is 0.135. The quantitative estimate of drug-likeness (QED) is 0.835. The smallest absolute Gasteiger partial charge is 0.160 e. The van der Waals surface area contributed by atoms with Crippen molar-refractivity contribution in [3.8, 4) is 6.07 Å². The van der Waals surface area contributed by atoms with Crippen molar-refractivity contribution in [3.63, 3.8) is 0 Å². The summed E-state index contributed by atoms with van der Waals surface area (Å²) in [7, 11) is 0. The summed E-state index contributed by atoms with van der Waals surface area (Å²) in [5.41, 5.74) is 1.91. The van der Waals surface area contributed by atoms with Gasteiger partial charge in [0.15, 0.2) is 5.78 Å². The van der Waals surface area contributed by atoms with Crippen LogP contribution >= 0.6 is 0 Å². The van der Waals surface area contributed by atoms with E-state index in [-0.39, 0.29) is 12.2 Å². The van der Waals surface area contributed by atoms with E-state index in [0.29, 0.717) is 17.1 Å². The molecule has 0 aromatic carbocycles. The van der Waals surface area contributed by atoms with Crippen LogP contribution in [0.5, 0.6) is 0 Å². The van der Waals surface area contributed by atoms with Crippen LogP contribution in [-0.2, 0) is 11.2 Å². The molecule has 96 valence electrons. The third-order valence-corrected chi connectivity index (χ3v) is 2.97. The SMILES string of the molecule is Cc1noc(C)c1CC(=O)[C@@H](C#N)c1ccccn1. The minimum atomic E-state index is -0.852. The highest BCUT2D eigenvalue weighted by Gasteiger charge is 2.23. The maximum Gasteiger partial charge on any atom is 0.160 e. The van der Waals surface area contributed by atoms with Crippen LogP contribution < -0.4 is 0 Å². The fourth-order valence-electron chi connectivity index (χ4n) is 1.88. The Morgan fingerprint density at radius 1 is 1.47 bits per heavy atom. The van der Waals surface area contributed by atoms with Gasteiger partial charge in [-0.3, -0.25) is 9.78 Å². The molecule has 0 aliphatic rings. The summed E-state index contributed by atoms with van der Waals surface area (Å²) in [4.78, 5) is 16.3. The largest absolute Gasteiger partial charge is 0.361 e. The molecule has 2 rings (SSSR count). The average Bonchev–Trinajstić information content (AvgIpc) is 2.73. The van der Waals surface area contributed by atoms with Crippen molar-refractivity contribution < 1.29 is 9.32 Å². The molecule has 0 saturated carbocycles. The molecule has 2 aromatic rings. The van der Waals surface area contributed by atoms with E-state index < -0.39 is 5.92 Å². The van der Waals surface area contributed by atoms with Gasteiger partial charge in [-0.15, -0.1) is 0 Å². The number of rotatable bonds is 4. The Balaban J connectivity index is 2.22. The van der Waals surface area contributed by atoms with Crippen molar-refractivity contribution in [1.82, 2.24) is 10.1 Å². The molecular formula is C14H13N3O2. The summed E-state index contributed by atoms with van der Waals surface area (Å²) in [5, 5.41) is 13.0. The molecular weight excluding hydrogens is 242 g/mol. The van der Waals surface area contributed by atoms with Gasteiger partial charge in [0, 0.05) is 18.2 Å². The number of carbonyl (C=O) groups is 1. The lowest BCUT2D eigenvalue weighted by atomic mass is 9.95. The van der Waals surface area contributed by atoms with Gasteiger partial charge in [0.2, 0.25) is 0 Å². The Morgan fingerprint density at radius 2 is 2.26 bits per heavy atom. The average molecular weight is 255 g/mol. The van der Waals surface area contributed by atoms with Gasteiger partial charge in [0.1, 0.15) is 11.7 Å². The van der Waals surface area contributed by atoms with Crippen molar-refractivity contribution in [3.05, 3.63) is 47.1 Å². The van der Waals surface area contributed by atoms with Crippen LogP contribution in [0, 0.1) is 25.2 Å². The predicted molar refractivity (Wildman–Crippen MR) is 67.3 cm³/mol. The number of pyridine rings is 1. The second-order valence-corrected chi connectivity index (χ2v) is 4.26. The summed E-state index contributed by atoms with van der Waals surface area (Å²) in [6, 6.07) is 7.19. The molecule has 0 amide bonds. The molecule has 0 aliphatic heterocycles. The van der Waals surface area contributed by atoms with Crippen LogP contribution in [-0.4, -0.2) is 15.9 Å². The van der Waals surface area contributed by atoms with E-state index >= 15 is 0 Å². The zero-order chi connectivity index (χ0) is 13.8. The lowest BCUT2D eigenvalue weighted by molar-refractivity contribution is -0.118. The van der Waals surface area contributed by atoms with Crippen LogP contribution in [0.4, 0.5) is 0 Å². The maximum absolute atomic E-state index is 12.2. The van der Waals surface area contributed by atoms with E-state index in [9.17, 15) is 4.79 Å². The normalized spacial score (nSPS) is 11.8. The monoisotopic (exact) mass is 255 g/mol. The molecule has 2 aromatic heterocycles. The number of hydrogen-bond acceptors (Lipinski definition) is 5. The maximum atomic E-state index is 12.2. The second-order valence-electron chi connectivity index (χ2n) is 4.26. The van der Waals surface area contributed by atoms with Crippen molar-refractivity contribution in [1.29, 1.82) is 5.26 Å². The van der Waals surface area contributed by atoms with E-state index in [1.165, 1.54) is 0 Å². The van der Waals surface area contributed by atoms with Gasteiger partial charge in [0.25, 0.3) is 0 Å². The van der Waals surface area contributed by atoms with Crippen LogP contribution in [0.25, 0.3) is 0 Å². The van der Waals surface area contributed by atoms with Gasteiger partial charge in [0.05, 0.1) is 17.5 Å². The van der Waals surface area contributed by atoms with Crippen LogP contribution in [0.2, 0.25) is 0 Å². The van der Waals surface area contributed by atoms with Gasteiger partial charge in [-0.1, -0.05) is 11.2 Å². The molecule has 19 heavy (non-hydrogen) atoms. The van der Waals surface area contributed by atoms with Crippen LogP contribution in [0.15, 0.2) is 28.9 Å². The zero-order valence-corrected chi connectivity index (χ0v) is 10.8. The highest BCUT2D eigenvalue weighted by Crippen LogP contribution is 2.19. The number of ketones is 1. The lowest BCUT2D eigenvalue weighted by Crippen LogP contribution is -2.15. The summed E-state index contributed by atoms with van der Waals surface area (Å²) >= 11 is 0. The number of hydrogen-bond donors (Lipinski definition) is 0. The van der Waals surface area contributed by atoms with Gasteiger partial charge < -0.3 is 4.52 Å². The summed E-state index contributed by atoms with van der Waals surface area (Å²) < 4.78 is 5.01. The molecule has 5 heteroatoms. The molecule has 0 spiro atoms. The van der Waals surface area contributed by atoms with Gasteiger partial charge >= 0.3 is 0 Å². The van der Waals surface area contributed by atoms with Crippen molar-refractivity contribution >= 4 is 5.78 Å². The number of aromatic nitrogens is 2. The molecule has 0 aliphatic carbocycles. The third kappa shape index (κ3) is 2.68. The number of carbonyl (C=O) groups excluding carboxylic acids is 1. The van der Waals surface area contributed by atoms with Gasteiger partial charge in [-0.25, -0.2) is 0 Å². The lowest BCUT2D eigenvalue weighted by Gasteiger charge is -2.07. The van der Waals surface area contributed by atoms with E-state index in [4.69, 9.17) is 9.78 Å². The van der Waals surface area contributed by atoms with Gasteiger partial charge in [-0.05, 0) is 26.0 Å². The van der Waals surface area contributed by atoms with E-state index in [2.05, 4.69) is 10.1 Å². The highest BCUT2D eigenvalue weighted by molar-refractivity contribution is 5.89. The molecule has 0 saturated heterocycles. The fourth-order valence-corrected chi connectivity index (χ4v) is 1.88. The Hall–Kier alpha value is -2.48. The van der Waals surface area contributed by atoms with Crippen LogP contribution in [0.3, 0.4) is 0 Å². The standard InChI is InChI=1S/C14H13N3O2/c1-9-11(10(2)19-17-9)7-14(18)12(8-15)13-5-3-4-6-16-13/h3-6,12H,7H2,1-2H3/t12-/m0/s1. The second kappa shape index (κ2) is 5.44. The summed E-state index contributed by atoms with van der Waals surface area (Å²) in [6.45, 7) is 3.53. The molecule has 0 fully saturated rings. The first-order chi connectivity index (χ1) is 9.13. The Morgan fingerprint density at radius 3 is 2.79 bits per heavy atom. The third-order valence-electron chi connectivity index (χ3n) is 2.97. The molecule has 0 N–H and O–H groups in total. The molecule has 5 nitrogen and oxygen atoms in total. The van der Waals surface area contributed by atoms with Crippen molar-refractivity contribution in [2.45, 2.75) is 26.2 Å². The highest BCUT2D eigenvalue weighted by atomic mass is 16.5. The molecule has 1 atom stereocenters. The number of Topliss-reactive ketones (excluding diaryl/α,β-unsaturated/α-hetero) is 1. The van der Waals surface area contributed by atoms with Gasteiger partial charge in [-0.2, -0.15) is 5.26 Å². The zero-order valence-electron chi connectivity index (χ0n) is 10.8. The molecule has 0 radical (unpaired) electrons. The van der Waals surface area contributed by atoms with Crippen molar-refractivity contribution in [2.24, 2.45) is 0 Å². The number of nitrogens with zero attached hydrogens (tertiary/aromatic N) is 3. The summed E-state index contributed by atoms with van der Waals surface area (Å²) in [6.07, 6.45) is 1.71. The number of nitriles is 1. The van der Waals surface area contributed by atoms with Crippen molar-refractivity contribution in [2.75, 3.05) is 0 Å². The van der Waals surface area contributed by atoms with Crippen LogP contribution in [0.1, 0.15) is 28.6 Å². The topological polar surface area (TPSA) is 79.8 Å². The first kappa shape index (κ1) is 13.0. The first-order valence-electron chi connectivity index (χ1n) is 5.88. The number of aryl methyl sites for hydroxylation is 2.